The van der Waals surface area contributed by atoms with Crippen LogP contribution in [0.1, 0.15) is 0 Å². The van der Waals surface area contributed by atoms with Crippen LogP contribution in [-0.2, 0) is 0 Å². The van der Waals surface area contributed by atoms with Gasteiger partial charge in [-0.1, -0.05) is 60.7 Å². The van der Waals surface area contributed by atoms with Gasteiger partial charge in [0.1, 0.15) is 5.82 Å². The number of aromatic amines is 1. The Kier molecular flexibility index (Phi) is 4.49. The topological polar surface area (TPSA) is 32.9 Å². The number of benzene rings is 4. The third kappa shape index (κ3) is 3.31. The average Bonchev–Trinajstić information content (AvgIpc) is 2.80. The summed E-state index contributed by atoms with van der Waals surface area (Å²) in [7, 11) is 0. The summed E-state index contributed by atoms with van der Waals surface area (Å²) in [6.07, 6.45) is 0. The Labute approximate surface area is 173 Å². The van der Waals surface area contributed by atoms with E-state index in [4.69, 9.17) is 0 Å². The first-order valence-electron chi connectivity index (χ1n) is 9.77. The molecule has 1 N–H and O–H groups in total. The van der Waals surface area contributed by atoms with Gasteiger partial charge in [-0.05, 0) is 64.2 Å². The van der Waals surface area contributed by atoms with E-state index in [1.807, 2.05) is 54.6 Å². The lowest BCUT2D eigenvalue weighted by Gasteiger charge is -2.12. The standard InChI is InChI=1S/C27H18FNO/c28-22-13-11-20(12-14-22)24-17-26(30)27-23(19-9-5-2-6-10-19)15-21(16-25(27)29-24)18-7-3-1-4-8-18/h1-17H,(H,29,30). The van der Waals surface area contributed by atoms with Crippen LogP contribution >= 0.6 is 0 Å². The van der Waals surface area contributed by atoms with Crippen molar-refractivity contribution >= 4 is 10.9 Å². The summed E-state index contributed by atoms with van der Waals surface area (Å²) in [5.41, 5.74) is 6.08. The van der Waals surface area contributed by atoms with Gasteiger partial charge < -0.3 is 4.98 Å². The smallest absolute Gasteiger partial charge is 0.190 e. The van der Waals surface area contributed by atoms with Crippen LogP contribution in [0.3, 0.4) is 0 Å². The average molecular weight is 391 g/mol. The third-order valence-electron chi connectivity index (χ3n) is 5.28. The fourth-order valence-corrected chi connectivity index (χ4v) is 3.82. The fraction of sp³-hybridized carbons (Fsp3) is 0. The van der Waals surface area contributed by atoms with Crippen LogP contribution in [0.15, 0.2) is 108 Å². The molecule has 0 amide bonds. The van der Waals surface area contributed by atoms with E-state index in [0.29, 0.717) is 11.1 Å². The van der Waals surface area contributed by atoms with Gasteiger partial charge in [-0.2, -0.15) is 0 Å². The second kappa shape index (κ2) is 7.45. The number of hydrogen-bond acceptors (Lipinski definition) is 1. The first kappa shape index (κ1) is 18.1. The Bertz CT molecular complexity index is 1390. The van der Waals surface area contributed by atoms with E-state index in [1.54, 1.807) is 18.2 Å². The number of hydrogen-bond donors (Lipinski definition) is 1. The number of H-pyrrole nitrogens is 1. The lowest BCUT2D eigenvalue weighted by atomic mass is 9.94. The van der Waals surface area contributed by atoms with Crippen molar-refractivity contribution in [1.29, 1.82) is 0 Å². The van der Waals surface area contributed by atoms with Crippen molar-refractivity contribution in [2.24, 2.45) is 0 Å². The molecular formula is C27H18FNO. The zero-order chi connectivity index (χ0) is 20.5. The molecule has 30 heavy (non-hydrogen) atoms. The summed E-state index contributed by atoms with van der Waals surface area (Å²) in [6.45, 7) is 0. The van der Waals surface area contributed by atoms with Crippen molar-refractivity contribution < 1.29 is 4.39 Å². The SMILES string of the molecule is O=c1cc(-c2ccc(F)cc2)[nH]c2cc(-c3ccccc3)cc(-c3ccccc3)c12. The number of nitrogens with one attached hydrogen (secondary N) is 1. The molecule has 0 unspecified atom stereocenters. The molecule has 0 fully saturated rings. The molecule has 0 saturated heterocycles. The molecule has 5 rings (SSSR count). The first-order valence-corrected chi connectivity index (χ1v) is 9.77. The van der Waals surface area contributed by atoms with Crippen LogP contribution in [0.2, 0.25) is 0 Å². The summed E-state index contributed by atoms with van der Waals surface area (Å²) in [4.78, 5) is 16.6. The Hall–Kier alpha value is -3.98. The van der Waals surface area contributed by atoms with Crippen molar-refractivity contribution in [1.82, 2.24) is 4.98 Å². The van der Waals surface area contributed by atoms with Crippen molar-refractivity contribution in [2.75, 3.05) is 0 Å². The van der Waals surface area contributed by atoms with Crippen molar-refractivity contribution in [3.8, 4) is 33.5 Å². The second-order valence-electron chi connectivity index (χ2n) is 7.23. The molecule has 0 aliphatic rings. The van der Waals surface area contributed by atoms with E-state index >= 15 is 0 Å². The molecular weight excluding hydrogens is 373 g/mol. The lowest BCUT2D eigenvalue weighted by molar-refractivity contribution is 0.628. The summed E-state index contributed by atoms with van der Waals surface area (Å²) in [5, 5.41) is 0.645. The van der Waals surface area contributed by atoms with E-state index in [9.17, 15) is 9.18 Å². The van der Waals surface area contributed by atoms with Gasteiger partial charge in [-0.25, -0.2) is 4.39 Å². The highest BCUT2D eigenvalue weighted by Gasteiger charge is 2.13. The predicted molar refractivity (Wildman–Crippen MR) is 121 cm³/mol. The molecule has 0 saturated carbocycles. The zero-order valence-corrected chi connectivity index (χ0v) is 16.1. The fourth-order valence-electron chi connectivity index (χ4n) is 3.82. The molecule has 0 radical (unpaired) electrons. The van der Waals surface area contributed by atoms with Gasteiger partial charge in [0.05, 0.1) is 10.9 Å². The number of halogens is 1. The van der Waals surface area contributed by atoms with Crippen LogP contribution in [0.5, 0.6) is 0 Å². The van der Waals surface area contributed by atoms with Crippen LogP contribution in [-0.4, -0.2) is 4.98 Å². The molecule has 1 heterocycles. The third-order valence-corrected chi connectivity index (χ3v) is 5.28. The van der Waals surface area contributed by atoms with Crippen LogP contribution in [0.25, 0.3) is 44.4 Å². The zero-order valence-electron chi connectivity index (χ0n) is 16.1. The molecule has 0 atom stereocenters. The summed E-state index contributed by atoms with van der Waals surface area (Å²) in [6, 6.07) is 31.8. The Balaban J connectivity index is 1.81. The molecule has 4 aromatic carbocycles. The maximum absolute atomic E-state index is 13.3. The van der Waals surface area contributed by atoms with Gasteiger partial charge in [-0.3, -0.25) is 4.79 Å². The van der Waals surface area contributed by atoms with Crippen molar-refractivity contribution in [2.45, 2.75) is 0 Å². The molecule has 0 aliphatic carbocycles. The largest absolute Gasteiger partial charge is 0.354 e. The minimum atomic E-state index is -0.306. The molecule has 0 aliphatic heterocycles. The van der Waals surface area contributed by atoms with E-state index in [0.717, 1.165) is 33.3 Å². The molecule has 3 heteroatoms. The lowest BCUT2D eigenvalue weighted by Crippen LogP contribution is -2.05. The summed E-state index contributed by atoms with van der Waals surface area (Å²) >= 11 is 0. The molecule has 144 valence electrons. The van der Waals surface area contributed by atoms with Gasteiger partial charge in [0.2, 0.25) is 0 Å². The Morgan fingerprint density at radius 3 is 1.90 bits per heavy atom. The molecule has 0 spiro atoms. The first-order chi connectivity index (χ1) is 14.7. The quantitative estimate of drug-likeness (QED) is 0.366. The van der Waals surface area contributed by atoms with Crippen LogP contribution in [0, 0.1) is 5.82 Å². The van der Waals surface area contributed by atoms with Crippen molar-refractivity contribution in [3.63, 3.8) is 0 Å². The van der Waals surface area contributed by atoms with Gasteiger partial charge in [0.15, 0.2) is 5.43 Å². The van der Waals surface area contributed by atoms with Gasteiger partial charge in [0, 0.05) is 11.8 Å². The van der Waals surface area contributed by atoms with E-state index < -0.39 is 0 Å². The van der Waals surface area contributed by atoms with E-state index in [2.05, 4.69) is 23.2 Å². The highest BCUT2D eigenvalue weighted by Crippen LogP contribution is 2.33. The minimum Gasteiger partial charge on any atom is -0.354 e. The Morgan fingerprint density at radius 1 is 0.600 bits per heavy atom. The number of pyridine rings is 1. The molecule has 1 aromatic heterocycles. The van der Waals surface area contributed by atoms with Gasteiger partial charge in [0.25, 0.3) is 0 Å². The van der Waals surface area contributed by atoms with Gasteiger partial charge >= 0.3 is 0 Å². The highest BCUT2D eigenvalue weighted by atomic mass is 19.1. The van der Waals surface area contributed by atoms with E-state index in [-0.39, 0.29) is 11.2 Å². The second-order valence-corrected chi connectivity index (χ2v) is 7.23. The summed E-state index contributed by atoms with van der Waals surface area (Å²) < 4.78 is 13.3. The van der Waals surface area contributed by atoms with Crippen LogP contribution < -0.4 is 5.43 Å². The normalized spacial score (nSPS) is 11.0. The maximum atomic E-state index is 13.3. The van der Waals surface area contributed by atoms with Crippen LogP contribution in [0.4, 0.5) is 4.39 Å². The molecule has 0 bridgehead atoms. The van der Waals surface area contributed by atoms with Crippen molar-refractivity contribution in [3.05, 3.63) is 119 Å². The monoisotopic (exact) mass is 391 g/mol. The number of fused-ring (bicyclic) bond motifs is 1. The number of rotatable bonds is 3. The van der Waals surface area contributed by atoms with E-state index in [1.165, 1.54) is 12.1 Å². The highest BCUT2D eigenvalue weighted by molar-refractivity contribution is 5.99. The summed E-state index contributed by atoms with van der Waals surface area (Å²) in [5.74, 6) is -0.306. The maximum Gasteiger partial charge on any atom is 0.190 e. The molecule has 5 aromatic rings. The van der Waals surface area contributed by atoms with Gasteiger partial charge in [-0.15, -0.1) is 0 Å². The Morgan fingerprint density at radius 2 is 1.23 bits per heavy atom. The predicted octanol–water partition coefficient (Wildman–Crippen LogP) is 6.67. The minimum absolute atomic E-state index is 0.0680. The molecule has 2 nitrogen and oxygen atoms in total. The number of aromatic nitrogens is 1.